The number of amides is 1. The molecule has 0 saturated heterocycles. The number of aryl methyl sites for hydroxylation is 1. The zero-order valence-electron chi connectivity index (χ0n) is 19.7. The lowest BCUT2D eigenvalue weighted by Crippen LogP contribution is -2.41. The Morgan fingerprint density at radius 2 is 1.82 bits per heavy atom. The molecule has 0 fully saturated rings. The van der Waals surface area contributed by atoms with Gasteiger partial charge in [0.2, 0.25) is 0 Å². The monoisotopic (exact) mass is 440 g/mol. The van der Waals surface area contributed by atoms with Crippen LogP contribution in [0.15, 0.2) is 66.7 Å². The molecule has 1 N–H and O–H groups in total. The first-order valence-electron chi connectivity index (χ1n) is 11.8. The molecule has 3 aromatic carbocycles. The van der Waals surface area contributed by atoms with E-state index in [-0.39, 0.29) is 17.6 Å². The number of fused-ring (bicyclic) bond motifs is 2. The van der Waals surface area contributed by atoms with Crippen molar-refractivity contribution in [1.29, 1.82) is 0 Å². The summed E-state index contributed by atoms with van der Waals surface area (Å²) in [5.41, 5.74) is 6.73. The highest BCUT2D eigenvalue weighted by atomic mass is 16.5. The molecule has 1 atom stereocenters. The van der Waals surface area contributed by atoms with Crippen molar-refractivity contribution in [2.24, 2.45) is 0 Å². The van der Waals surface area contributed by atoms with E-state index in [0.717, 1.165) is 43.8 Å². The molecule has 2 aliphatic rings. The number of nitrogens with zero attached hydrogens (tertiary/aromatic N) is 1. The number of carbonyl (C=O) groups is 1. The van der Waals surface area contributed by atoms with Crippen molar-refractivity contribution in [3.05, 3.63) is 100 Å². The molecule has 0 bridgehead atoms. The zero-order valence-corrected chi connectivity index (χ0v) is 19.7. The van der Waals surface area contributed by atoms with Crippen LogP contribution in [-0.2, 0) is 19.5 Å². The van der Waals surface area contributed by atoms with Crippen LogP contribution in [-0.4, -0.2) is 23.0 Å². The van der Waals surface area contributed by atoms with Gasteiger partial charge in [-0.3, -0.25) is 9.69 Å². The summed E-state index contributed by atoms with van der Waals surface area (Å²) in [6.07, 6.45) is 1.84. The molecule has 0 aromatic heterocycles. The molecule has 0 radical (unpaired) electrons. The highest BCUT2D eigenvalue weighted by Gasteiger charge is 2.34. The lowest BCUT2D eigenvalue weighted by molar-refractivity contribution is 0.0619. The SMILES string of the molecule is Cc1ccc2c(c1)C(NC(=O)c1ccc(CN3CCc4ccccc4C3)cc1)CC(C)(C)O2. The van der Waals surface area contributed by atoms with E-state index < -0.39 is 0 Å². The summed E-state index contributed by atoms with van der Waals surface area (Å²) in [5, 5.41) is 3.26. The van der Waals surface area contributed by atoms with Gasteiger partial charge in [0.15, 0.2) is 0 Å². The van der Waals surface area contributed by atoms with Crippen LogP contribution in [0.4, 0.5) is 0 Å². The molecular weight excluding hydrogens is 408 g/mol. The third-order valence-corrected chi connectivity index (χ3v) is 6.76. The van der Waals surface area contributed by atoms with Gasteiger partial charge in [-0.2, -0.15) is 0 Å². The Morgan fingerprint density at radius 1 is 1.06 bits per heavy atom. The molecule has 4 heteroatoms. The van der Waals surface area contributed by atoms with E-state index >= 15 is 0 Å². The summed E-state index contributed by atoms with van der Waals surface area (Å²) in [6.45, 7) is 9.16. The number of hydrogen-bond acceptors (Lipinski definition) is 3. The predicted octanol–water partition coefficient (Wildman–Crippen LogP) is 5.59. The van der Waals surface area contributed by atoms with Crippen LogP contribution in [0, 0.1) is 6.92 Å². The average molecular weight is 441 g/mol. The summed E-state index contributed by atoms with van der Waals surface area (Å²) in [7, 11) is 0. The molecule has 0 spiro atoms. The first-order chi connectivity index (χ1) is 15.9. The van der Waals surface area contributed by atoms with Crippen molar-refractivity contribution in [2.45, 2.75) is 58.3 Å². The maximum atomic E-state index is 13.1. The van der Waals surface area contributed by atoms with E-state index in [2.05, 4.69) is 79.5 Å². The summed E-state index contributed by atoms with van der Waals surface area (Å²) >= 11 is 0. The number of rotatable bonds is 4. The topological polar surface area (TPSA) is 41.6 Å². The van der Waals surface area contributed by atoms with Gasteiger partial charge in [0, 0.05) is 37.2 Å². The van der Waals surface area contributed by atoms with Gasteiger partial charge in [-0.15, -0.1) is 0 Å². The van der Waals surface area contributed by atoms with Crippen molar-refractivity contribution in [1.82, 2.24) is 10.2 Å². The minimum atomic E-state index is -0.322. The predicted molar refractivity (Wildman–Crippen MR) is 131 cm³/mol. The Labute approximate surface area is 196 Å². The number of ether oxygens (including phenoxy) is 1. The summed E-state index contributed by atoms with van der Waals surface area (Å²) in [4.78, 5) is 15.6. The van der Waals surface area contributed by atoms with E-state index in [4.69, 9.17) is 4.74 Å². The van der Waals surface area contributed by atoms with Gasteiger partial charge in [0.25, 0.3) is 5.91 Å². The Bertz CT molecular complexity index is 1170. The molecule has 0 saturated carbocycles. The molecular formula is C29H32N2O2. The molecule has 0 aliphatic carbocycles. The smallest absolute Gasteiger partial charge is 0.251 e. The van der Waals surface area contributed by atoms with Crippen molar-refractivity contribution < 1.29 is 9.53 Å². The van der Waals surface area contributed by atoms with Crippen LogP contribution >= 0.6 is 0 Å². The Morgan fingerprint density at radius 3 is 2.61 bits per heavy atom. The number of hydrogen-bond donors (Lipinski definition) is 1. The van der Waals surface area contributed by atoms with E-state index in [1.54, 1.807) is 0 Å². The second-order valence-corrected chi connectivity index (χ2v) is 10.1. The van der Waals surface area contributed by atoms with Gasteiger partial charge in [0.1, 0.15) is 11.4 Å². The Balaban J connectivity index is 1.26. The van der Waals surface area contributed by atoms with Gasteiger partial charge < -0.3 is 10.1 Å². The lowest BCUT2D eigenvalue weighted by atomic mass is 9.88. The normalized spacial score (nSPS) is 19.2. The Hall–Kier alpha value is -3.11. The molecule has 1 unspecified atom stereocenters. The lowest BCUT2D eigenvalue weighted by Gasteiger charge is -2.38. The first-order valence-corrected chi connectivity index (χ1v) is 11.8. The van der Waals surface area contributed by atoms with E-state index in [9.17, 15) is 4.79 Å². The molecule has 4 nitrogen and oxygen atoms in total. The van der Waals surface area contributed by atoms with Gasteiger partial charge in [0.05, 0.1) is 6.04 Å². The summed E-state index contributed by atoms with van der Waals surface area (Å²) in [6, 6.07) is 22.9. The third kappa shape index (κ3) is 4.81. The maximum absolute atomic E-state index is 13.1. The second-order valence-electron chi connectivity index (χ2n) is 10.1. The van der Waals surface area contributed by atoms with E-state index in [1.165, 1.54) is 22.3 Å². The molecule has 3 aromatic rings. The quantitative estimate of drug-likeness (QED) is 0.575. The van der Waals surface area contributed by atoms with E-state index in [1.807, 2.05) is 18.2 Å². The van der Waals surface area contributed by atoms with Crippen LogP contribution in [0.2, 0.25) is 0 Å². The molecule has 2 aliphatic heterocycles. The highest BCUT2D eigenvalue weighted by molar-refractivity contribution is 5.94. The van der Waals surface area contributed by atoms with Gasteiger partial charge in [-0.25, -0.2) is 0 Å². The van der Waals surface area contributed by atoms with Crippen LogP contribution in [0.3, 0.4) is 0 Å². The zero-order chi connectivity index (χ0) is 23.0. The number of nitrogens with one attached hydrogen (secondary N) is 1. The van der Waals surface area contributed by atoms with Crippen molar-refractivity contribution in [3.63, 3.8) is 0 Å². The second kappa shape index (κ2) is 8.68. The van der Waals surface area contributed by atoms with Crippen LogP contribution in [0.1, 0.15) is 64.5 Å². The number of carbonyl (C=O) groups excluding carboxylic acids is 1. The van der Waals surface area contributed by atoms with Crippen molar-refractivity contribution >= 4 is 5.91 Å². The summed E-state index contributed by atoms with van der Waals surface area (Å²) < 4.78 is 6.15. The molecule has 33 heavy (non-hydrogen) atoms. The maximum Gasteiger partial charge on any atom is 0.251 e. The fraction of sp³-hybridized carbons (Fsp3) is 0.345. The number of benzene rings is 3. The van der Waals surface area contributed by atoms with Crippen LogP contribution in [0.5, 0.6) is 5.75 Å². The minimum Gasteiger partial charge on any atom is -0.487 e. The van der Waals surface area contributed by atoms with E-state index in [0.29, 0.717) is 5.56 Å². The first kappa shape index (κ1) is 21.7. The van der Waals surface area contributed by atoms with Gasteiger partial charge >= 0.3 is 0 Å². The fourth-order valence-electron chi connectivity index (χ4n) is 5.05. The van der Waals surface area contributed by atoms with Gasteiger partial charge in [-0.1, -0.05) is 54.1 Å². The van der Waals surface area contributed by atoms with Crippen molar-refractivity contribution in [3.8, 4) is 5.75 Å². The average Bonchev–Trinajstić information content (AvgIpc) is 2.79. The molecule has 5 rings (SSSR count). The minimum absolute atomic E-state index is 0.0383. The summed E-state index contributed by atoms with van der Waals surface area (Å²) in [5.74, 6) is 0.823. The standard InChI is InChI=1S/C29H32N2O2/c1-20-8-13-27-25(16-20)26(17-29(2,3)33-27)30-28(32)23-11-9-21(10-12-23)18-31-15-14-22-6-4-5-7-24(22)19-31/h4-13,16,26H,14-15,17-19H2,1-3H3,(H,30,32). The third-order valence-electron chi connectivity index (χ3n) is 6.76. The highest BCUT2D eigenvalue weighted by Crippen LogP contribution is 2.40. The van der Waals surface area contributed by atoms with Crippen LogP contribution < -0.4 is 10.1 Å². The molecule has 170 valence electrons. The van der Waals surface area contributed by atoms with Crippen molar-refractivity contribution in [2.75, 3.05) is 6.54 Å². The van der Waals surface area contributed by atoms with Gasteiger partial charge in [-0.05, 0) is 62.1 Å². The fourth-order valence-corrected chi connectivity index (χ4v) is 5.05. The van der Waals surface area contributed by atoms with Crippen LogP contribution in [0.25, 0.3) is 0 Å². The molecule has 1 amide bonds. The molecule has 2 heterocycles. The Kier molecular flexibility index (Phi) is 5.71. The largest absolute Gasteiger partial charge is 0.487 e.